The van der Waals surface area contributed by atoms with Crippen molar-refractivity contribution in [3.05, 3.63) is 41.7 Å². The summed E-state index contributed by atoms with van der Waals surface area (Å²) in [6, 6.07) is 9.75. The van der Waals surface area contributed by atoms with E-state index in [1.807, 2.05) is 37.3 Å². The van der Waals surface area contributed by atoms with Gasteiger partial charge in [-0.2, -0.15) is 4.09 Å². The first-order valence-corrected chi connectivity index (χ1v) is 5.76. The summed E-state index contributed by atoms with van der Waals surface area (Å²) in [4.78, 5) is 10.8. The number of carbonyl (C=O) groups is 1. The molecule has 0 aliphatic carbocycles. The van der Waals surface area contributed by atoms with Gasteiger partial charge in [0.2, 0.25) is 0 Å². The molecule has 0 bridgehead atoms. The Morgan fingerprint density at radius 2 is 2.12 bits per heavy atom. The molecule has 0 aliphatic heterocycles. The van der Waals surface area contributed by atoms with E-state index in [1.165, 1.54) is 16.0 Å². The minimum absolute atomic E-state index is 0.0674. The summed E-state index contributed by atoms with van der Waals surface area (Å²) in [6.45, 7) is 1.97. The van der Waals surface area contributed by atoms with Gasteiger partial charge in [-0.3, -0.25) is 0 Å². The van der Waals surface area contributed by atoms with E-state index in [0.29, 0.717) is 0 Å². The fourth-order valence-corrected chi connectivity index (χ4v) is 2.18. The van der Waals surface area contributed by atoms with Crippen LogP contribution in [0.15, 0.2) is 30.3 Å². The lowest BCUT2D eigenvalue weighted by Crippen LogP contribution is -2.07. The van der Waals surface area contributed by atoms with Gasteiger partial charge in [0.25, 0.3) is 5.82 Å². The maximum Gasteiger partial charge on any atom is 0.376 e. The standard InChI is InChI=1S/C10H10N4O2S/c1-7(8-5-3-2-4-6-8)17-14-9(10(15)16)11-12-13-14/h2-7H,1H3,(H,15,16). The number of aromatic nitrogens is 4. The summed E-state index contributed by atoms with van der Waals surface area (Å²) >= 11 is 1.26. The van der Waals surface area contributed by atoms with Crippen molar-refractivity contribution in [1.29, 1.82) is 0 Å². The summed E-state index contributed by atoms with van der Waals surface area (Å²) in [5.41, 5.74) is 1.09. The maximum absolute atomic E-state index is 10.8. The summed E-state index contributed by atoms with van der Waals surface area (Å²) in [5.74, 6) is -1.31. The van der Waals surface area contributed by atoms with Gasteiger partial charge < -0.3 is 5.11 Å². The Labute approximate surface area is 102 Å². The Morgan fingerprint density at radius 3 is 2.76 bits per heavy atom. The zero-order valence-corrected chi connectivity index (χ0v) is 9.83. The third kappa shape index (κ3) is 2.62. The summed E-state index contributed by atoms with van der Waals surface area (Å²) in [6.07, 6.45) is 0. The molecule has 88 valence electrons. The molecule has 0 fully saturated rings. The van der Waals surface area contributed by atoms with Gasteiger partial charge in [0.15, 0.2) is 0 Å². The maximum atomic E-state index is 10.8. The summed E-state index contributed by atoms with van der Waals surface area (Å²) in [5, 5.41) is 19.4. The van der Waals surface area contributed by atoms with Gasteiger partial charge >= 0.3 is 5.97 Å². The van der Waals surface area contributed by atoms with Crippen molar-refractivity contribution in [3.8, 4) is 0 Å². The van der Waals surface area contributed by atoms with Crippen LogP contribution in [0.2, 0.25) is 0 Å². The molecule has 1 aromatic carbocycles. The molecule has 0 saturated carbocycles. The fourth-order valence-electron chi connectivity index (χ4n) is 1.31. The lowest BCUT2D eigenvalue weighted by Gasteiger charge is -2.10. The zero-order chi connectivity index (χ0) is 12.3. The lowest BCUT2D eigenvalue weighted by atomic mass is 10.2. The van der Waals surface area contributed by atoms with Crippen LogP contribution >= 0.6 is 11.9 Å². The number of rotatable bonds is 4. The number of carboxylic acids is 1. The van der Waals surface area contributed by atoms with Crippen LogP contribution < -0.4 is 0 Å². The van der Waals surface area contributed by atoms with Crippen LogP contribution in [0.5, 0.6) is 0 Å². The number of benzene rings is 1. The van der Waals surface area contributed by atoms with Crippen LogP contribution in [0, 0.1) is 0 Å². The highest BCUT2D eigenvalue weighted by atomic mass is 32.2. The number of aromatic carboxylic acids is 1. The van der Waals surface area contributed by atoms with E-state index < -0.39 is 5.97 Å². The fraction of sp³-hybridized carbons (Fsp3) is 0.200. The van der Waals surface area contributed by atoms with Crippen molar-refractivity contribution in [3.63, 3.8) is 0 Å². The van der Waals surface area contributed by atoms with Crippen LogP contribution in [0.1, 0.15) is 28.4 Å². The summed E-state index contributed by atoms with van der Waals surface area (Å²) < 4.78 is 1.22. The highest BCUT2D eigenvalue weighted by Crippen LogP contribution is 2.28. The highest BCUT2D eigenvalue weighted by Gasteiger charge is 2.17. The predicted octanol–water partition coefficient (Wildman–Crippen LogP) is 1.63. The Balaban J connectivity index is 2.16. The molecule has 1 heterocycles. The summed E-state index contributed by atoms with van der Waals surface area (Å²) in [7, 11) is 0. The Bertz CT molecular complexity index is 514. The first-order valence-electron chi connectivity index (χ1n) is 4.92. The van der Waals surface area contributed by atoms with Crippen LogP contribution in [-0.4, -0.2) is 30.7 Å². The van der Waals surface area contributed by atoms with E-state index in [2.05, 4.69) is 15.5 Å². The van der Waals surface area contributed by atoms with E-state index >= 15 is 0 Å². The third-order valence-electron chi connectivity index (χ3n) is 2.16. The van der Waals surface area contributed by atoms with Gasteiger partial charge in [-0.25, -0.2) is 4.79 Å². The molecule has 0 amide bonds. The minimum Gasteiger partial charge on any atom is -0.475 e. The number of nitrogens with zero attached hydrogens (tertiary/aromatic N) is 4. The Kier molecular flexibility index (Phi) is 3.38. The van der Waals surface area contributed by atoms with Gasteiger partial charge in [-0.05, 0) is 34.9 Å². The second-order valence-electron chi connectivity index (χ2n) is 3.34. The quantitative estimate of drug-likeness (QED) is 0.888. The molecule has 1 N–H and O–H groups in total. The second-order valence-corrected chi connectivity index (χ2v) is 4.60. The van der Waals surface area contributed by atoms with Gasteiger partial charge in [0.1, 0.15) is 0 Å². The molecule has 1 unspecified atom stereocenters. The van der Waals surface area contributed by atoms with Crippen LogP contribution in [-0.2, 0) is 0 Å². The average Bonchev–Trinajstić information content (AvgIpc) is 2.78. The highest BCUT2D eigenvalue weighted by molar-refractivity contribution is 7.98. The number of hydrogen-bond donors (Lipinski definition) is 1. The minimum atomic E-state index is -1.14. The molecule has 0 spiro atoms. The van der Waals surface area contributed by atoms with E-state index in [1.54, 1.807) is 0 Å². The SMILES string of the molecule is CC(Sn1nnnc1C(=O)O)c1ccccc1. The van der Waals surface area contributed by atoms with E-state index in [9.17, 15) is 4.79 Å². The van der Waals surface area contributed by atoms with Crippen molar-refractivity contribution in [2.75, 3.05) is 0 Å². The predicted molar refractivity (Wildman–Crippen MR) is 62.6 cm³/mol. The van der Waals surface area contributed by atoms with E-state index in [-0.39, 0.29) is 11.1 Å². The number of tetrazole rings is 1. The van der Waals surface area contributed by atoms with Gasteiger partial charge in [-0.15, -0.1) is 5.10 Å². The van der Waals surface area contributed by atoms with Crippen molar-refractivity contribution < 1.29 is 9.90 Å². The number of carboxylic acid groups (broad SMARTS) is 1. The van der Waals surface area contributed by atoms with E-state index in [0.717, 1.165) is 5.56 Å². The molecule has 0 aliphatic rings. The number of hydrogen-bond acceptors (Lipinski definition) is 5. The lowest BCUT2D eigenvalue weighted by molar-refractivity contribution is 0.0682. The van der Waals surface area contributed by atoms with Gasteiger partial charge in [0.05, 0.1) is 0 Å². The van der Waals surface area contributed by atoms with Crippen molar-refractivity contribution in [2.24, 2.45) is 0 Å². The molecule has 1 aromatic heterocycles. The molecule has 17 heavy (non-hydrogen) atoms. The molecule has 1 atom stereocenters. The normalized spacial score (nSPS) is 12.3. The second kappa shape index (κ2) is 4.96. The smallest absolute Gasteiger partial charge is 0.376 e. The molecule has 2 rings (SSSR count). The van der Waals surface area contributed by atoms with Gasteiger partial charge in [0, 0.05) is 5.25 Å². The molecular formula is C10H10N4O2S. The molecule has 0 saturated heterocycles. The molecular weight excluding hydrogens is 240 g/mol. The molecule has 2 aromatic rings. The first kappa shape index (κ1) is 11.6. The van der Waals surface area contributed by atoms with Crippen LogP contribution in [0.3, 0.4) is 0 Å². The Hall–Kier alpha value is -1.89. The van der Waals surface area contributed by atoms with Crippen molar-refractivity contribution >= 4 is 17.9 Å². The monoisotopic (exact) mass is 250 g/mol. The molecule has 0 radical (unpaired) electrons. The Morgan fingerprint density at radius 1 is 1.41 bits per heavy atom. The topological polar surface area (TPSA) is 80.9 Å². The molecule has 7 heteroatoms. The largest absolute Gasteiger partial charge is 0.475 e. The van der Waals surface area contributed by atoms with E-state index in [4.69, 9.17) is 5.11 Å². The van der Waals surface area contributed by atoms with Gasteiger partial charge in [-0.1, -0.05) is 30.3 Å². The third-order valence-corrected chi connectivity index (χ3v) is 3.19. The van der Waals surface area contributed by atoms with Crippen molar-refractivity contribution in [1.82, 2.24) is 19.6 Å². The average molecular weight is 250 g/mol. The first-order chi connectivity index (χ1) is 8.18. The van der Waals surface area contributed by atoms with Crippen LogP contribution in [0.25, 0.3) is 0 Å². The van der Waals surface area contributed by atoms with Crippen molar-refractivity contribution in [2.45, 2.75) is 12.2 Å². The molecule has 6 nitrogen and oxygen atoms in total. The van der Waals surface area contributed by atoms with Crippen LogP contribution in [0.4, 0.5) is 0 Å². The zero-order valence-electron chi connectivity index (χ0n) is 9.02.